The molecule has 0 aliphatic heterocycles. The largest absolute Gasteiger partial charge is 0.266 e. The minimum atomic E-state index is -3.28. The normalized spacial score (nSPS) is 24.2. The van der Waals surface area contributed by atoms with Crippen LogP contribution in [0, 0.1) is 5.92 Å². The van der Waals surface area contributed by atoms with Crippen molar-refractivity contribution in [1.29, 1.82) is 0 Å². The standard InChI is InChI=1S/C9H16O3S/c1-8-4-3-5-9(6-8)7-12-13(2,10)11/h6,8H,3-5,7H2,1-2H3. The Bertz CT molecular complexity index is 290. The fourth-order valence-corrected chi connectivity index (χ4v) is 1.89. The molecule has 1 atom stereocenters. The summed E-state index contributed by atoms with van der Waals surface area (Å²) in [5.41, 5.74) is 1.11. The zero-order valence-electron chi connectivity index (χ0n) is 8.12. The molecule has 1 rings (SSSR count). The highest BCUT2D eigenvalue weighted by Gasteiger charge is 2.11. The maximum atomic E-state index is 10.7. The summed E-state index contributed by atoms with van der Waals surface area (Å²) in [6, 6.07) is 0. The Morgan fingerprint density at radius 2 is 2.31 bits per heavy atom. The van der Waals surface area contributed by atoms with Crippen molar-refractivity contribution in [2.75, 3.05) is 12.9 Å². The van der Waals surface area contributed by atoms with Crippen molar-refractivity contribution in [2.45, 2.75) is 26.2 Å². The topological polar surface area (TPSA) is 43.4 Å². The van der Waals surface area contributed by atoms with E-state index in [1.165, 1.54) is 6.42 Å². The lowest BCUT2D eigenvalue weighted by atomic mass is 9.92. The smallest absolute Gasteiger partial charge is 0.264 e. The Morgan fingerprint density at radius 3 is 2.85 bits per heavy atom. The van der Waals surface area contributed by atoms with Gasteiger partial charge in [-0.3, -0.25) is 4.18 Å². The molecule has 0 spiro atoms. The number of allylic oxidation sites excluding steroid dienone is 1. The Balaban J connectivity index is 2.45. The summed E-state index contributed by atoms with van der Waals surface area (Å²) >= 11 is 0. The van der Waals surface area contributed by atoms with Gasteiger partial charge in [0, 0.05) is 0 Å². The van der Waals surface area contributed by atoms with Gasteiger partial charge in [0.05, 0.1) is 12.9 Å². The minimum Gasteiger partial charge on any atom is -0.266 e. The van der Waals surface area contributed by atoms with E-state index in [1.54, 1.807) is 0 Å². The molecule has 1 aliphatic carbocycles. The Morgan fingerprint density at radius 1 is 1.62 bits per heavy atom. The molecule has 0 saturated heterocycles. The average molecular weight is 204 g/mol. The number of rotatable bonds is 3. The minimum absolute atomic E-state index is 0.239. The first kappa shape index (κ1) is 10.7. The molecule has 0 fully saturated rings. The molecule has 3 nitrogen and oxygen atoms in total. The van der Waals surface area contributed by atoms with Crippen molar-refractivity contribution in [3.63, 3.8) is 0 Å². The molecule has 0 aromatic carbocycles. The van der Waals surface area contributed by atoms with Gasteiger partial charge in [0.25, 0.3) is 10.1 Å². The van der Waals surface area contributed by atoms with Crippen LogP contribution in [-0.4, -0.2) is 21.3 Å². The molecule has 1 unspecified atom stereocenters. The number of hydrogen-bond acceptors (Lipinski definition) is 3. The maximum absolute atomic E-state index is 10.7. The highest BCUT2D eigenvalue weighted by atomic mass is 32.2. The zero-order chi connectivity index (χ0) is 9.90. The monoisotopic (exact) mass is 204 g/mol. The van der Waals surface area contributed by atoms with Gasteiger partial charge in [-0.15, -0.1) is 0 Å². The van der Waals surface area contributed by atoms with Crippen molar-refractivity contribution in [1.82, 2.24) is 0 Å². The van der Waals surface area contributed by atoms with E-state index in [0.29, 0.717) is 5.92 Å². The summed E-state index contributed by atoms with van der Waals surface area (Å²) in [5, 5.41) is 0. The zero-order valence-corrected chi connectivity index (χ0v) is 8.93. The quantitative estimate of drug-likeness (QED) is 0.519. The summed E-state index contributed by atoms with van der Waals surface area (Å²) in [7, 11) is -3.28. The molecule has 0 aromatic rings. The Labute approximate surface area is 79.9 Å². The lowest BCUT2D eigenvalue weighted by Gasteiger charge is -2.16. The van der Waals surface area contributed by atoms with Crippen molar-refractivity contribution >= 4 is 10.1 Å². The summed E-state index contributed by atoms with van der Waals surface area (Å²) in [6.45, 7) is 2.38. The van der Waals surface area contributed by atoms with E-state index in [-0.39, 0.29) is 6.61 Å². The fourth-order valence-electron chi connectivity index (χ4n) is 1.52. The second-order valence-electron chi connectivity index (χ2n) is 3.66. The first-order valence-corrected chi connectivity index (χ1v) is 6.33. The van der Waals surface area contributed by atoms with Crippen LogP contribution in [0.2, 0.25) is 0 Å². The summed E-state index contributed by atoms with van der Waals surface area (Å²) < 4.78 is 26.1. The van der Waals surface area contributed by atoms with Crippen molar-refractivity contribution in [3.8, 4) is 0 Å². The van der Waals surface area contributed by atoms with Gasteiger partial charge in [-0.25, -0.2) is 0 Å². The molecular formula is C9H16O3S. The predicted octanol–water partition coefficient (Wildman–Crippen LogP) is 1.71. The molecule has 0 radical (unpaired) electrons. The molecule has 0 saturated carbocycles. The van der Waals surface area contributed by atoms with E-state index in [9.17, 15) is 8.42 Å². The summed E-state index contributed by atoms with van der Waals surface area (Å²) in [5.74, 6) is 0.562. The van der Waals surface area contributed by atoms with Crippen LogP contribution in [0.25, 0.3) is 0 Å². The summed E-state index contributed by atoms with van der Waals surface area (Å²) in [4.78, 5) is 0. The van der Waals surface area contributed by atoms with Gasteiger partial charge in [0.15, 0.2) is 0 Å². The summed E-state index contributed by atoms with van der Waals surface area (Å²) in [6.07, 6.45) is 6.51. The highest BCUT2D eigenvalue weighted by Crippen LogP contribution is 2.22. The van der Waals surface area contributed by atoms with E-state index in [4.69, 9.17) is 4.18 Å². The van der Waals surface area contributed by atoms with Crippen LogP contribution < -0.4 is 0 Å². The van der Waals surface area contributed by atoms with E-state index in [2.05, 4.69) is 13.0 Å². The van der Waals surface area contributed by atoms with E-state index >= 15 is 0 Å². The molecule has 4 heteroatoms. The first-order chi connectivity index (χ1) is 5.97. The van der Waals surface area contributed by atoms with Crippen LogP contribution in [0.1, 0.15) is 26.2 Å². The van der Waals surface area contributed by atoms with Crippen LogP contribution in [0.4, 0.5) is 0 Å². The van der Waals surface area contributed by atoms with Gasteiger partial charge in [0.1, 0.15) is 0 Å². The molecule has 0 bridgehead atoms. The van der Waals surface area contributed by atoms with Crippen LogP contribution in [0.5, 0.6) is 0 Å². The molecule has 76 valence electrons. The predicted molar refractivity (Wildman–Crippen MR) is 51.9 cm³/mol. The van der Waals surface area contributed by atoms with Crippen LogP contribution in [0.15, 0.2) is 11.6 Å². The average Bonchev–Trinajstić information content (AvgIpc) is 2.00. The molecule has 0 N–H and O–H groups in total. The molecular weight excluding hydrogens is 188 g/mol. The third-order valence-corrected chi connectivity index (χ3v) is 2.68. The van der Waals surface area contributed by atoms with Gasteiger partial charge < -0.3 is 0 Å². The first-order valence-electron chi connectivity index (χ1n) is 4.51. The van der Waals surface area contributed by atoms with Crippen molar-refractivity contribution in [3.05, 3.63) is 11.6 Å². The SMILES string of the molecule is CC1C=C(COS(C)(=O)=O)CCC1. The van der Waals surface area contributed by atoms with Gasteiger partial charge in [-0.05, 0) is 30.8 Å². The van der Waals surface area contributed by atoms with Crippen molar-refractivity contribution < 1.29 is 12.6 Å². The van der Waals surface area contributed by atoms with Gasteiger partial charge >= 0.3 is 0 Å². The van der Waals surface area contributed by atoms with Crippen LogP contribution in [0.3, 0.4) is 0 Å². The van der Waals surface area contributed by atoms with Gasteiger partial charge in [0.2, 0.25) is 0 Å². The lowest BCUT2D eigenvalue weighted by Crippen LogP contribution is -2.10. The van der Waals surface area contributed by atoms with Crippen LogP contribution in [-0.2, 0) is 14.3 Å². The van der Waals surface area contributed by atoms with Gasteiger partial charge in [-0.2, -0.15) is 8.42 Å². The molecule has 1 aliphatic rings. The Kier molecular flexibility index (Phi) is 3.50. The lowest BCUT2D eigenvalue weighted by molar-refractivity contribution is 0.341. The molecule has 13 heavy (non-hydrogen) atoms. The second kappa shape index (κ2) is 4.24. The van der Waals surface area contributed by atoms with Crippen molar-refractivity contribution in [2.24, 2.45) is 5.92 Å². The highest BCUT2D eigenvalue weighted by molar-refractivity contribution is 7.85. The molecule has 0 aromatic heterocycles. The third kappa shape index (κ3) is 4.43. The fraction of sp³-hybridized carbons (Fsp3) is 0.778. The van der Waals surface area contributed by atoms with E-state index < -0.39 is 10.1 Å². The van der Waals surface area contributed by atoms with Crippen LogP contribution >= 0.6 is 0 Å². The Hall–Kier alpha value is -0.350. The molecule has 0 amide bonds. The maximum Gasteiger partial charge on any atom is 0.264 e. The van der Waals surface area contributed by atoms with E-state index in [1.807, 2.05) is 0 Å². The number of hydrogen-bond donors (Lipinski definition) is 0. The van der Waals surface area contributed by atoms with Gasteiger partial charge in [-0.1, -0.05) is 13.0 Å². The van der Waals surface area contributed by atoms with E-state index in [0.717, 1.165) is 24.7 Å². The molecule has 0 heterocycles. The third-order valence-electron chi connectivity index (χ3n) is 2.14. The second-order valence-corrected chi connectivity index (χ2v) is 5.30.